The van der Waals surface area contributed by atoms with Crippen molar-refractivity contribution >= 4 is 39.7 Å². The molecule has 0 aromatic heterocycles. The van der Waals surface area contributed by atoms with Crippen LogP contribution in [0.3, 0.4) is 0 Å². The van der Waals surface area contributed by atoms with Crippen molar-refractivity contribution in [3.63, 3.8) is 0 Å². The van der Waals surface area contributed by atoms with E-state index >= 15 is 0 Å². The zero-order chi connectivity index (χ0) is 32.3. The predicted molar refractivity (Wildman–Crippen MR) is 172 cm³/mol. The monoisotopic (exact) mass is 654 g/mol. The van der Waals surface area contributed by atoms with Crippen molar-refractivity contribution in [2.45, 2.75) is 41.8 Å². The number of ether oxygens (including phenoxy) is 1. The number of nitrogens with zero attached hydrogens (tertiary/aromatic N) is 1. The average molecular weight is 655 g/mol. The van der Waals surface area contributed by atoms with Gasteiger partial charge < -0.3 is 19.1 Å². The van der Waals surface area contributed by atoms with E-state index in [2.05, 4.69) is 5.32 Å². The molecular weight excluding hydrogens is 625 g/mol. The quantitative estimate of drug-likeness (QED) is 0.146. The van der Waals surface area contributed by atoms with Crippen LogP contribution in [0.4, 0.5) is 0 Å². The smallest absolute Gasteiger partial charge is 0.339 e. The van der Waals surface area contributed by atoms with Crippen LogP contribution < -0.4 is 5.32 Å². The van der Waals surface area contributed by atoms with E-state index in [0.717, 1.165) is 22.9 Å². The van der Waals surface area contributed by atoms with Crippen LogP contribution in [0.15, 0.2) is 131 Å². The fourth-order valence-electron chi connectivity index (χ4n) is 5.32. The van der Waals surface area contributed by atoms with E-state index in [1.807, 2.05) is 97.9 Å². The first kappa shape index (κ1) is 31.1. The first-order valence-corrected chi connectivity index (χ1v) is 16.9. The van der Waals surface area contributed by atoms with E-state index in [1.165, 1.54) is 22.4 Å². The summed E-state index contributed by atoms with van der Waals surface area (Å²) in [6.07, 6.45) is -0.780. The van der Waals surface area contributed by atoms with Crippen LogP contribution in [0, 0.1) is 6.92 Å². The van der Waals surface area contributed by atoms with Gasteiger partial charge in [-0.2, -0.15) is 8.42 Å². The van der Waals surface area contributed by atoms with E-state index < -0.39 is 45.6 Å². The molecule has 3 atom stereocenters. The highest BCUT2D eigenvalue weighted by molar-refractivity contribution is 8.03. The molecule has 0 unspecified atom stereocenters. The van der Waals surface area contributed by atoms with Crippen molar-refractivity contribution in [3.05, 3.63) is 149 Å². The average Bonchev–Trinajstić information content (AvgIpc) is 3.07. The molecule has 0 radical (unpaired) electrons. The van der Waals surface area contributed by atoms with E-state index in [0.29, 0.717) is 11.1 Å². The number of amides is 2. The van der Waals surface area contributed by atoms with E-state index in [4.69, 9.17) is 8.92 Å². The first-order chi connectivity index (χ1) is 22.2. The fraction of sp³-hybridized carbons (Fsp3) is 0.171. The standard InChI is InChI=1S/C35H30N2O7S2/c1-23-17-19-27(20-18-23)46(41,42)44-28-22-45-34-30(36-29(38)21-24-11-5-2-6-12-24)33(39)37(34)31(28)35(40)43-32(25-13-7-3-8-14-25)26-15-9-4-10-16-26/h2-20,22,30-32,34H,21H2,1H3,(H,36,38)/t30-,31-,34-/m1/s1. The van der Waals surface area contributed by atoms with Gasteiger partial charge in [-0.1, -0.05) is 109 Å². The van der Waals surface area contributed by atoms with Gasteiger partial charge in [0.05, 0.1) is 6.42 Å². The lowest BCUT2D eigenvalue weighted by Gasteiger charge is -2.51. The predicted octanol–water partition coefficient (Wildman–Crippen LogP) is 4.89. The van der Waals surface area contributed by atoms with Crippen LogP contribution in [0.2, 0.25) is 0 Å². The normalized spacial score (nSPS) is 19.0. The highest BCUT2D eigenvalue weighted by atomic mass is 32.2. The number of carbonyl (C=O) groups is 3. The Morgan fingerprint density at radius 3 is 2.00 bits per heavy atom. The molecule has 2 heterocycles. The highest BCUT2D eigenvalue weighted by Gasteiger charge is 2.57. The SMILES string of the molecule is Cc1ccc(S(=O)(=O)OC2=CS[C@@H]3[C@H](NC(=O)Cc4ccccc4)C(=O)N3[C@H]2C(=O)OC(c2ccccc2)c2ccccc2)cc1. The Labute approximate surface area is 271 Å². The molecular formula is C35H30N2O7S2. The summed E-state index contributed by atoms with van der Waals surface area (Å²) in [4.78, 5) is 41.7. The van der Waals surface area contributed by atoms with Crippen molar-refractivity contribution in [1.29, 1.82) is 0 Å². The van der Waals surface area contributed by atoms with Gasteiger partial charge in [0.15, 0.2) is 17.9 Å². The Hall–Kier alpha value is -4.87. The van der Waals surface area contributed by atoms with Crippen LogP contribution in [0.1, 0.15) is 28.4 Å². The van der Waals surface area contributed by atoms with Gasteiger partial charge >= 0.3 is 16.1 Å². The lowest BCUT2D eigenvalue weighted by Crippen LogP contribution is -2.74. The molecule has 9 nitrogen and oxygen atoms in total. The molecule has 0 saturated carbocycles. The third-order valence-electron chi connectivity index (χ3n) is 7.65. The largest absolute Gasteiger partial charge is 0.451 e. The molecule has 234 valence electrons. The van der Waals surface area contributed by atoms with Crippen molar-refractivity contribution in [2.75, 3.05) is 0 Å². The maximum Gasteiger partial charge on any atom is 0.339 e. The van der Waals surface area contributed by atoms with E-state index in [1.54, 1.807) is 12.1 Å². The lowest BCUT2D eigenvalue weighted by molar-refractivity contribution is -0.166. The molecule has 4 aromatic rings. The number of hydrogen-bond acceptors (Lipinski definition) is 8. The van der Waals surface area contributed by atoms with Crippen LogP contribution in [0.25, 0.3) is 0 Å². The minimum absolute atomic E-state index is 0.0717. The molecule has 1 N–H and O–H groups in total. The maximum absolute atomic E-state index is 14.1. The molecule has 2 aliphatic heterocycles. The van der Waals surface area contributed by atoms with Gasteiger partial charge in [0.25, 0.3) is 0 Å². The molecule has 0 aliphatic carbocycles. The van der Waals surface area contributed by atoms with Gasteiger partial charge in [0, 0.05) is 5.41 Å². The molecule has 46 heavy (non-hydrogen) atoms. The molecule has 6 rings (SSSR count). The van der Waals surface area contributed by atoms with Crippen molar-refractivity contribution < 1.29 is 31.7 Å². The van der Waals surface area contributed by atoms with Gasteiger partial charge in [-0.05, 0) is 35.7 Å². The number of hydrogen-bond donors (Lipinski definition) is 1. The second-order valence-electron chi connectivity index (χ2n) is 10.9. The summed E-state index contributed by atoms with van der Waals surface area (Å²) in [5, 5.41) is 3.48. The number of esters is 1. The summed E-state index contributed by atoms with van der Waals surface area (Å²) in [7, 11) is -4.37. The van der Waals surface area contributed by atoms with Gasteiger partial charge in [0.1, 0.15) is 16.3 Å². The number of benzene rings is 4. The third-order valence-corrected chi connectivity index (χ3v) is 10.1. The molecule has 2 aliphatic rings. The molecule has 0 bridgehead atoms. The summed E-state index contributed by atoms with van der Waals surface area (Å²) in [5.74, 6) is -2.06. The van der Waals surface area contributed by atoms with E-state index in [9.17, 15) is 22.8 Å². The Kier molecular flexibility index (Phi) is 8.96. The van der Waals surface area contributed by atoms with Crippen LogP contribution >= 0.6 is 11.8 Å². The maximum atomic E-state index is 14.1. The number of fused-ring (bicyclic) bond motifs is 1. The van der Waals surface area contributed by atoms with Gasteiger partial charge in [-0.25, -0.2) is 4.79 Å². The lowest BCUT2D eigenvalue weighted by atomic mass is 9.99. The molecule has 0 spiro atoms. The minimum Gasteiger partial charge on any atom is -0.451 e. The summed E-state index contributed by atoms with van der Waals surface area (Å²) < 4.78 is 38.3. The summed E-state index contributed by atoms with van der Waals surface area (Å²) in [5.41, 5.74) is 3.01. The number of aryl methyl sites for hydroxylation is 1. The Morgan fingerprint density at radius 1 is 0.848 bits per heavy atom. The zero-order valence-corrected chi connectivity index (χ0v) is 26.3. The number of rotatable bonds is 10. The molecule has 1 saturated heterocycles. The minimum atomic E-state index is -4.37. The number of β-lactam (4-membered cyclic amide) rings is 1. The number of carbonyl (C=O) groups excluding carboxylic acids is 3. The zero-order valence-electron chi connectivity index (χ0n) is 24.7. The van der Waals surface area contributed by atoms with Gasteiger partial charge in [0.2, 0.25) is 11.8 Å². The van der Waals surface area contributed by atoms with Crippen molar-refractivity contribution in [3.8, 4) is 0 Å². The summed E-state index contributed by atoms with van der Waals surface area (Å²) in [6, 6.07) is 30.9. The second-order valence-corrected chi connectivity index (χ2v) is 13.4. The molecule has 2 amide bonds. The van der Waals surface area contributed by atoms with Crippen LogP contribution in [0.5, 0.6) is 0 Å². The van der Waals surface area contributed by atoms with Crippen LogP contribution in [-0.4, -0.2) is 48.6 Å². The first-order valence-electron chi connectivity index (χ1n) is 14.5. The second kappa shape index (κ2) is 13.2. The highest BCUT2D eigenvalue weighted by Crippen LogP contribution is 2.42. The molecule has 4 aromatic carbocycles. The Balaban J connectivity index is 1.30. The summed E-state index contributed by atoms with van der Waals surface area (Å²) in [6.45, 7) is 1.82. The third kappa shape index (κ3) is 6.56. The van der Waals surface area contributed by atoms with Gasteiger partial charge in [-0.3, -0.25) is 9.59 Å². The van der Waals surface area contributed by atoms with Gasteiger partial charge in [-0.15, -0.1) is 11.8 Å². The fourth-order valence-corrected chi connectivity index (χ4v) is 7.49. The number of thioether (sulfide) groups is 1. The van der Waals surface area contributed by atoms with Crippen LogP contribution in [-0.2, 0) is 39.8 Å². The Morgan fingerprint density at radius 2 is 1.41 bits per heavy atom. The van der Waals surface area contributed by atoms with E-state index in [-0.39, 0.29) is 23.0 Å². The molecule has 1 fully saturated rings. The molecule has 11 heteroatoms. The van der Waals surface area contributed by atoms with Crippen molar-refractivity contribution in [1.82, 2.24) is 10.2 Å². The topological polar surface area (TPSA) is 119 Å². The summed E-state index contributed by atoms with van der Waals surface area (Å²) >= 11 is 1.08. The Bertz CT molecular complexity index is 1830. The van der Waals surface area contributed by atoms with Crippen molar-refractivity contribution in [2.24, 2.45) is 0 Å². The number of nitrogens with one attached hydrogen (secondary N) is 1.